The normalized spacial score (nSPS) is 8.85. The SMILES string of the molecule is C.C.COC(=O)c1cnc(Cl)c(Br)c1.COC(=O)c1cnc(I)c(Br)c1. The van der Waals surface area contributed by atoms with Gasteiger partial charge in [-0.3, -0.25) is 0 Å². The maximum Gasteiger partial charge on any atom is 0.339 e. The molecule has 0 saturated heterocycles. The third-order valence-corrected chi connectivity index (χ3v) is 5.77. The van der Waals surface area contributed by atoms with Crippen molar-refractivity contribution < 1.29 is 19.1 Å². The van der Waals surface area contributed by atoms with Crippen molar-refractivity contribution in [3.8, 4) is 0 Å². The lowest BCUT2D eigenvalue weighted by molar-refractivity contribution is 0.0591. The summed E-state index contributed by atoms with van der Waals surface area (Å²) in [5.74, 6) is -0.806. The van der Waals surface area contributed by atoms with Crippen LogP contribution in [0.15, 0.2) is 33.5 Å². The Morgan fingerprint density at radius 3 is 1.77 bits per heavy atom. The lowest BCUT2D eigenvalue weighted by Gasteiger charge is -1.99. The Bertz CT molecular complexity index is 700. The topological polar surface area (TPSA) is 78.4 Å². The van der Waals surface area contributed by atoms with Gasteiger partial charge >= 0.3 is 11.9 Å². The molecule has 2 aromatic heterocycles. The molecule has 0 N–H and O–H groups in total. The van der Waals surface area contributed by atoms with Gasteiger partial charge < -0.3 is 9.47 Å². The molecule has 2 aromatic rings. The molecule has 0 unspecified atom stereocenters. The average Bonchev–Trinajstić information content (AvgIpc) is 2.58. The van der Waals surface area contributed by atoms with E-state index in [2.05, 4.69) is 73.9 Å². The second kappa shape index (κ2) is 13.4. The fourth-order valence-electron chi connectivity index (χ4n) is 1.30. The number of aromatic nitrogens is 2. The standard InChI is InChI=1S/C7H5BrClNO2.C7H5BrINO2.2CH4/c2*1-12-7(11)4-2-5(8)6(9)10-3-4;;/h2*2-3H,1H3;2*1H4. The summed E-state index contributed by atoms with van der Waals surface area (Å²) in [4.78, 5) is 29.7. The van der Waals surface area contributed by atoms with Gasteiger partial charge in [0, 0.05) is 12.4 Å². The van der Waals surface area contributed by atoms with Crippen LogP contribution in [-0.2, 0) is 9.47 Å². The number of rotatable bonds is 2. The molecule has 0 aliphatic heterocycles. The Hall–Kier alpha value is -0.780. The molecule has 2 rings (SSSR count). The molecule has 0 fully saturated rings. The molecule has 0 aliphatic carbocycles. The predicted molar refractivity (Wildman–Crippen MR) is 118 cm³/mol. The summed E-state index contributed by atoms with van der Waals surface area (Å²) in [6, 6.07) is 3.24. The van der Waals surface area contributed by atoms with Crippen molar-refractivity contribution in [2.24, 2.45) is 0 Å². The van der Waals surface area contributed by atoms with E-state index in [0.717, 1.165) is 8.17 Å². The molecular weight excluding hydrogens is 606 g/mol. The van der Waals surface area contributed by atoms with Crippen LogP contribution in [0.2, 0.25) is 5.15 Å². The van der Waals surface area contributed by atoms with Crippen LogP contribution >= 0.6 is 66.1 Å². The third-order valence-electron chi connectivity index (χ3n) is 2.43. The summed E-state index contributed by atoms with van der Waals surface area (Å²) in [7, 11) is 2.65. The van der Waals surface area contributed by atoms with E-state index < -0.39 is 5.97 Å². The van der Waals surface area contributed by atoms with Crippen LogP contribution in [0.5, 0.6) is 0 Å². The first kappa shape index (κ1) is 27.4. The van der Waals surface area contributed by atoms with Gasteiger partial charge in [0.05, 0.1) is 34.3 Å². The summed E-state index contributed by atoms with van der Waals surface area (Å²) in [6.07, 6.45) is 2.84. The molecule has 0 spiro atoms. The maximum absolute atomic E-state index is 11.0. The second-order valence-corrected chi connectivity index (χ2v) is 7.06. The first-order valence-electron chi connectivity index (χ1n) is 6.08. The summed E-state index contributed by atoms with van der Waals surface area (Å²) < 4.78 is 11.2. The molecule has 0 radical (unpaired) electrons. The van der Waals surface area contributed by atoms with Crippen LogP contribution in [0.4, 0.5) is 0 Å². The Kier molecular flexibility index (Phi) is 14.1. The number of carbonyl (C=O) groups excluding carboxylic acids is 2. The van der Waals surface area contributed by atoms with Gasteiger partial charge in [-0.15, -0.1) is 0 Å². The number of halogens is 4. The summed E-state index contributed by atoms with van der Waals surface area (Å²) >= 11 is 14.1. The fraction of sp³-hybridized carbons (Fsp3) is 0.250. The fourth-order valence-corrected chi connectivity index (χ4v) is 2.40. The van der Waals surface area contributed by atoms with Crippen LogP contribution in [0, 0.1) is 3.70 Å². The molecular formula is C16H18Br2ClIN2O4. The predicted octanol–water partition coefficient (Wildman–Crippen LogP) is 5.79. The van der Waals surface area contributed by atoms with Crippen LogP contribution < -0.4 is 0 Å². The van der Waals surface area contributed by atoms with E-state index >= 15 is 0 Å². The molecule has 0 aromatic carbocycles. The zero-order valence-electron chi connectivity index (χ0n) is 12.3. The van der Waals surface area contributed by atoms with E-state index in [4.69, 9.17) is 11.6 Å². The Morgan fingerprint density at radius 1 is 0.962 bits per heavy atom. The van der Waals surface area contributed by atoms with Gasteiger partial charge in [0.2, 0.25) is 0 Å². The number of ether oxygens (including phenoxy) is 2. The van der Waals surface area contributed by atoms with Crippen molar-refractivity contribution in [2.45, 2.75) is 14.9 Å². The Balaban J connectivity index is 0. The molecule has 0 saturated carbocycles. The molecule has 0 amide bonds. The van der Waals surface area contributed by atoms with Gasteiger partial charge in [-0.1, -0.05) is 26.5 Å². The van der Waals surface area contributed by atoms with E-state index in [-0.39, 0.29) is 20.8 Å². The first-order valence-corrected chi connectivity index (χ1v) is 9.13. The number of carbonyl (C=O) groups is 2. The molecule has 6 nitrogen and oxygen atoms in total. The zero-order valence-corrected chi connectivity index (χ0v) is 18.4. The number of nitrogens with zero attached hydrogens (tertiary/aromatic N) is 2. The highest BCUT2D eigenvalue weighted by atomic mass is 127. The number of esters is 2. The van der Waals surface area contributed by atoms with E-state index in [9.17, 15) is 9.59 Å². The van der Waals surface area contributed by atoms with Gasteiger partial charge in [0.15, 0.2) is 0 Å². The molecule has 144 valence electrons. The molecule has 0 atom stereocenters. The minimum Gasteiger partial charge on any atom is -0.465 e. The maximum atomic E-state index is 11.0. The lowest BCUT2D eigenvalue weighted by atomic mass is 10.3. The summed E-state index contributed by atoms with van der Waals surface area (Å²) in [6.45, 7) is 0. The molecule has 0 bridgehead atoms. The van der Waals surface area contributed by atoms with Gasteiger partial charge in [0.1, 0.15) is 8.85 Å². The molecule has 10 heteroatoms. The summed E-state index contributed by atoms with van der Waals surface area (Å²) in [5, 5.41) is 0.322. The van der Waals surface area contributed by atoms with E-state index in [0.29, 0.717) is 20.8 Å². The van der Waals surface area contributed by atoms with Crippen LogP contribution in [0.1, 0.15) is 35.6 Å². The van der Waals surface area contributed by atoms with Crippen LogP contribution in [-0.4, -0.2) is 36.1 Å². The third kappa shape index (κ3) is 8.28. The highest BCUT2D eigenvalue weighted by Crippen LogP contribution is 2.20. The quantitative estimate of drug-likeness (QED) is 0.239. The van der Waals surface area contributed by atoms with Crippen molar-refractivity contribution in [3.63, 3.8) is 0 Å². The highest BCUT2D eigenvalue weighted by molar-refractivity contribution is 14.1. The lowest BCUT2D eigenvalue weighted by Crippen LogP contribution is -2.02. The van der Waals surface area contributed by atoms with Crippen LogP contribution in [0.3, 0.4) is 0 Å². The van der Waals surface area contributed by atoms with E-state index in [1.807, 2.05) is 0 Å². The van der Waals surface area contributed by atoms with Crippen molar-refractivity contribution >= 4 is 78.0 Å². The largest absolute Gasteiger partial charge is 0.465 e. The molecule has 26 heavy (non-hydrogen) atoms. The Labute approximate surface area is 188 Å². The Morgan fingerprint density at radius 2 is 1.38 bits per heavy atom. The number of hydrogen-bond acceptors (Lipinski definition) is 6. The van der Waals surface area contributed by atoms with Gasteiger partial charge in [-0.05, 0) is 66.6 Å². The molecule has 0 aliphatic rings. The van der Waals surface area contributed by atoms with Crippen molar-refractivity contribution in [1.29, 1.82) is 0 Å². The number of hydrogen-bond donors (Lipinski definition) is 0. The van der Waals surface area contributed by atoms with Crippen molar-refractivity contribution in [1.82, 2.24) is 9.97 Å². The highest BCUT2D eigenvalue weighted by Gasteiger charge is 2.08. The number of pyridine rings is 2. The zero-order chi connectivity index (χ0) is 18.3. The van der Waals surface area contributed by atoms with Crippen molar-refractivity contribution in [3.05, 3.63) is 53.5 Å². The second-order valence-electron chi connectivity index (χ2n) is 3.98. The smallest absolute Gasteiger partial charge is 0.339 e. The van der Waals surface area contributed by atoms with Gasteiger partial charge in [-0.2, -0.15) is 0 Å². The van der Waals surface area contributed by atoms with E-state index in [1.54, 1.807) is 12.1 Å². The first-order chi connectivity index (χ1) is 11.3. The summed E-state index contributed by atoms with van der Waals surface area (Å²) in [5.41, 5.74) is 0.818. The van der Waals surface area contributed by atoms with Gasteiger partial charge in [0.25, 0.3) is 0 Å². The van der Waals surface area contributed by atoms with E-state index in [1.165, 1.54) is 26.6 Å². The number of methoxy groups -OCH3 is 2. The minimum absolute atomic E-state index is 0. The van der Waals surface area contributed by atoms with Crippen molar-refractivity contribution in [2.75, 3.05) is 14.2 Å². The monoisotopic (exact) mass is 622 g/mol. The van der Waals surface area contributed by atoms with Gasteiger partial charge in [-0.25, -0.2) is 19.6 Å². The molecule has 2 heterocycles. The average molecular weight is 624 g/mol. The minimum atomic E-state index is -0.431. The van der Waals surface area contributed by atoms with Crippen LogP contribution in [0.25, 0.3) is 0 Å².